The van der Waals surface area contributed by atoms with Crippen molar-refractivity contribution in [2.45, 2.75) is 26.2 Å². The number of hydrogen-bond donors (Lipinski definition) is 3. The highest BCUT2D eigenvalue weighted by atomic mass is 16.1. The van der Waals surface area contributed by atoms with Crippen molar-refractivity contribution in [3.63, 3.8) is 0 Å². The average Bonchev–Trinajstić information content (AvgIpc) is 2.26. The van der Waals surface area contributed by atoms with Crippen molar-refractivity contribution in [3.8, 4) is 0 Å². The van der Waals surface area contributed by atoms with Crippen LogP contribution in [-0.2, 0) is 0 Å². The van der Waals surface area contributed by atoms with Gasteiger partial charge in [-0.2, -0.15) is 0 Å². The highest BCUT2D eigenvalue weighted by Crippen LogP contribution is 2.25. The molecule has 1 aromatic rings. The maximum Gasteiger partial charge on any atom is 0.253 e. The lowest BCUT2D eigenvalue weighted by molar-refractivity contribution is 0.0940. The van der Waals surface area contributed by atoms with Gasteiger partial charge in [-0.1, -0.05) is 18.1 Å². The quantitative estimate of drug-likeness (QED) is 0.549. The Labute approximate surface area is 102 Å². The molecule has 1 aromatic carbocycles. The van der Waals surface area contributed by atoms with Crippen LogP contribution >= 0.6 is 0 Å². The van der Waals surface area contributed by atoms with Gasteiger partial charge in [0.25, 0.3) is 5.91 Å². The van der Waals surface area contributed by atoms with Crippen molar-refractivity contribution in [1.82, 2.24) is 5.32 Å². The number of carbonyl (C=O) groups excluding carboxylic acids is 1. The molecule has 92 valence electrons. The summed E-state index contributed by atoms with van der Waals surface area (Å²) in [4.78, 5) is 12.0. The van der Waals surface area contributed by atoms with Gasteiger partial charge in [-0.25, -0.2) is 0 Å². The van der Waals surface area contributed by atoms with E-state index in [1.807, 2.05) is 25.1 Å². The van der Waals surface area contributed by atoms with Crippen LogP contribution < -0.4 is 16.6 Å². The Morgan fingerprint density at radius 3 is 2.82 bits per heavy atom. The van der Waals surface area contributed by atoms with Gasteiger partial charge in [0.15, 0.2) is 0 Å². The summed E-state index contributed by atoms with van der Waals surface area (Å²) in [6, 6.07) is 5.61. The number of carbonyl (C=O) groups is 1. The average molecular weight is 233 g/mol. The first-order valence-corrected chi connectivity index (χ1v) is 6.06. The van der Waals surface area contributed by atoms with Crippen molar-refractivity contribution in [2.75, 3.05) is 12.0 Å². The van der Waals surface area contributed by atoms with Crippen LogP contribution in [0, 0.1) is 12.8 Å². The number of amides is 1. The SMILES string of the molecule is Cc1ccc(NN)c(C(=O)NCC2CCC2)c1. The van der Waals surface area contributed by atoms with Crippen LogP contribution in [0.15, 0.2) is 18.2 Å². The molecule has 0 atom stereocenters. The van der Waals surface area contributed by atoms with Gasteiger partial charge in [0.05, 0.1) is 11.3 Å². The molecule has 1 fully saturated rings. The normalized spacial score (nSPS) is 15.2. The summed E-state index contributed by atoms with van der Waals surface area (Å²) in [5.41, 5.74) is 4.90. The van der Waals surface area contributed by atoms with Crippen molar-refractivity contribution in [2.24, 2.45) is 11.8 Å². The van der Waals surface area contributed by atoms with Crippen molar-refractivity contribution < 1.29 is 4.79 Å². The summed E-state index contributed by atoms with van der Waals surface area (Å²) in [6.45, 7) is 2.74. The minimum absolute atomic E-state index is 0.0476. The second-order valence-electron chi connectivity index (χ2n) is 4.70. The zero-order valence-corrected chi connectivity index (χ0v) is 10.1. The zero-order valence-electron chi connectivity index (χ0n) is 10.1. The molecule has 4 N–H and O–H groups in total. The summed E-state index contributed by atoms with van der Waals surface area (Å²) in [7, 11) is 0. The summed E-state index contributed by atoms with van der Waals surface area (Å²) < 4.78 is 0. The van der Waals surface area contributed by atoms with Gasteiger partial charge >= 0.3 is 0 Å². The van der Waals surface area contributed by atoms with Crippen LogP contribution in [0.25, 0.3) is 0 Å². The van der Waals surface area contributed by atoms with Crippen LogP contribution in [0.5, 0.6) is 0 Å². The third-order valence-electron chi connectivity index (χ3n) is 3.35. The highest BCUT2D eigenvalue weighted by molar-refractivity contribution is 5.99. The second kappa shape index (κ2) is 5.19. The fourth-order valence-corrected chi connectivity index (χ4v) is 2.00. The third-order valence-corrected chi connectivity index (χ3v) is 3.35. The number of aryl methyl sites for hydroxylation is 1. The van der Waals surface area contributed by atoms with E-state index in [4.69, 9.17) is 5.84 Å². The standard InChI is InChI=1S/C13H19N3O/c1-9-5-6-12(16-14)11(7-9)13(17)15-8-10-3-2-4-10/h5-7,10,16H,2-4,8,14H2,1H3,(H,15,17). The first-order valence-electron chi connectivity index (χ1n) is 6.06. The summed E-state index contributed by atoms with van der Waals surface area (Å²) in [5.74, 6) is 6.02. The molecule has 0 heterocycles. The van der Waals surface area contributed by atoms with E-state index in [-0.39, 0.29) is 5.91 Å². The Morgan fingerprint density at radius 1 is 1.47 bits per heavy atom. The van der Waals surface area contributed by atoms with Gasteiger partial charge in [-0.3, -0.25) is 10.6 Å². The minimum atomic E-state index is -0.0476. The van der Waals surface area contributed by atoms with Crippen LogP contribution in [0.3, 0.4) is 0 Å². The molecule has 0 spiro atoms. The van der Waals surface area contributed by atoms with E-state index >= 15 is 0 Å². The molecule has 1 aliphatic carbocycles. The Morgan fingerprint density at radius 2 is 2.24 bits per heavy atom. The maximum atomic E-state index is 12.0. The van der Waals surface area contributed by atoms with E-state index in [0.717, 1.165) is 12.1 Å². The molecule has 0 bridgehead atoms. The van der Waals surface area contributed by atoms with E-state index in [9.17, 15) is 4.79 Å². The summed E-state index contributed by atoms with van der Waals surface area (Å²) >= 11 is 0. The second-order valence-corrected chi connectivity index (χ2v) is 4.70. The fraction of sp³-hybridized carbons (Fsp3) is 0.462. The van der Waals surface area contributed by atoms with Crippen molar-refractivity contribution in [1.29, 1.82) is 0 Å². The molecule has 0 unspecified atom stereocenters. The predicted octanol–water partition coefficient (Wildman–Crippen LogP) is 1.81. The number of hydrogen-bond acceptors (Lipinski definition) is 3. The third kappa shape index (κ3) is 2.77. The lowest BCUT2D eigenvalue weighted by Crippen LogP contribution is -2.32. The molecule has 0 aliphatic heterocycles. The number of anilines is 1. The van der Waals surface area contributed by atoms with Gasteiger partial charge in [-0.05, 0) is 37.8 Å². The minimum Gasteiger partial charge on any atom is -0.352 e. The number of nitrogens with one attached hydrogen (secondary N) is 2. The lowest BCUT2D eigenvalue weighted by atomic mass is 9.85. The number of hydrazine groups is 1. The summed E-state index contributed by atoms with van der Waals surface area (Å²) in [6.07, 6.45) is 3.76. The topological polar surface area (TPSA) is 67.1 Å². The molecule has 0 saturated heterocycles. The Kier molecular flexibility index (Phi) is 3.64. The zero-order chi connectivity index (χ0) is 12.3. The van der Waals surface area contributed by atoms with Crippen molar-refractivity contribution >= 4 is 11.6 Å². The van der Waals surface area contributed by atoms with Crippen LogP contribution in [0.4, 0.5) is 5.69 Å². The van der Waals surface area contributed by atoms with E-state index in [0.29, 0.717) is 17.2 Å². The molecule has 17 heavy (non-hydrogen) atoms. The van der Waals surface area contributed by atoms with E-state index in [1.54, 1.807) is 0 Å². The van der Waals surface area contributed by atoms with Crippen molar-refractivity contribution in [3.05, 3.63) is 29.3 Å². The number of nitrogen functional groups attached to an aromatic ring is 1. The molecule has 4 heteroatoms. The lowest BCUT2D eigenvalue weighted by Gasteiger charge is -2.25. The van der Waals surface area contributed by atoms with Gasteiger partial charge in [0.1, 0.15) is 0 Å². The van der Waals surface area contributed by atoms with Gasteiger partial charge in [-0.15, -0.1) is 0 Å². The Hall–Kier alpha value is -1.55. The van der Waals surface area contributed by atoms with Gasteiger partial charge in [0.2, 0.25) is 0 Å². The largest absolute Gasteiger partial charge is 0.352 e. The Bertz CT molecular complexity index is 413. The van der Waals surface area contributed by atoms with Crippen LogP contribution in [0.1, 0.15) is 35.2 Å². The number of benzene rings is 1. The van der Waals surface area contributed by atoms with Crippen LogP contribution in [-0.4, -0.2) is 12.5 Å². The number of nitrogens with two attached hydrogens (primary N) is 1. The molecule has 0 radical (unpaired) electrons. The van der Waals surface area contributed by atoms with Crippen LogP contribution in [0.2, 0.25) is 0 Å². The monoisotopic (exact) mass is 233 g/mol. The fourth-order valence-electron chi connectivity index (χ4n) is 2.00. The molecule has 2 rings (SSSR count). The smallest absolute Gasteiger partial charge is 0.253 e. The highest BCUT2D eigenvalue weighted by Gasteiger charge is 2.19. The molecule has 4 nitrogen and oxygen atoms in total. The Balaban J connectivity index is 2.03. The first-order chi connectivity index (χ1) is 8.20. The maximum absolute atomic E-state index is 12.0. The predicted molar refractivity (Wildman–Crippen MR) is 68.7 cm³/mol. The number of rotatable bonds is 4. The van der Waals surface area contributed by atoms with E-state index < -0.39 is 0 Å². The molecular weight excluding hydrogens is 214 g/mol. The van der Waals surface area contributed by atoms with E-state index in [2.05, 4.69) is 10.7 Å². The van der Waals surface area contributed by atoms with Gasteiger partial charge < -0.3 is 10.7 Å². The first kappa shape index (κ1) is 11.9. The molecule has 0 aromatic heterocycles. The van der Waals surface area contributed by atoms with E-state index in [1.165, 1.54) is 19.3 Å². The van der Waals surface area contributed by atoms with Gasteiger partial charge in [0, 0.05) is 6.54 Å². The summed E-state index contributed by atoms with van der Waals surface area (Å²) in [5, 5.41) is 2.97. The molecule has 1 amide bonds. The molecular formula is C13H19N3O. The molecule has 1 saturated carbocycles. The molecule has 1 aliphatic rings.